The van der Waals surface area contributed by atoms with Crippen molar-refractivity contribution in [2.45, 2.75) is 25.4 Å². The van der Waals surface area contributed by atoms with Crippen LogP contribution in [0.15, 0.2) is 22.7 Å². The summed E-state index contributed by atoms with van der Waals surface area (Å²) >= 11 is 3.27. The first kappa shape index (κ1) is 10.1. The second kappa shape index (κ2) is 3.99. The van der Waals surface area contributed by atoms with E-state index in [1.807, 2.05) is 0 Å². The van der Waals surface area contributed by atoms with Crippen molar-refractivity contribution in [2.75, 3.05) is 0 Å². The average Bonchev–Trinajstić information content (AvgIpc) is 2.00. The van der Waals surface area contributed by atoms with Crippen molar-refractivity contribution in [3.8, 4) is 0 Å². The first-order valence-electron chi connectivity index (χ1n) is 4.82. The van der Waals surface area contributed by atoms with Crippen molar-refractivity contribution in [1.29, 1.82) is 0 Å². The van der Waals surface area contributed by atoms with Gasteiger partial charge >= 0.3 is 0 Å². The second-order valence-corrected chi connectivity index (χ2v) is 4.63. The van der Waals surface area contributed by atoms with E-state index >= 15 is 0 Å². The second-order valence-electron chi connectivity index (χ2n) is 3.77. The Labute approximate surface area is 91.1 Å². The van der Waals surface area contributed by atoms with Crippen LogP contribution in [0, 0.1) is 11.7 Å². The summed E-state index contributed by atoms with van der Waals surface area (Å²) in [6.45, 7) is 0. The van der Waals surface area contributed by atoms with Gasteiger partial charge in [-0.1, -0.05) is 28.4 Å². The Bertz CT molecular complexity index is 316. The molecule has 0 heterocycles. The zero-order chi connectivity index (χ0) is 10.1. The van der Waals surface area contributed by atoms with Gasteiger partial charge in [-0.05, 0) is 30.9 Å². The Morgan fingerprint density at radius 2 is 2.14 bits per heavy atom. The molecule has 1 atom stereocenters. The monoisotopic (exact) mass is 258 g/mol. The van der Waals surface area contributed by atoms with Crippen molar-refractivity contribution in [1.82, 2.24) is 0 Å². The van der Waals surface area contributed by atoms with Gasteiger partial charge in [-0.15, -0.1) is 0 Å². The van der Waals surface area contributed by atoms with Gasteiger partial charge < -0.3 is 5.11 Å². The van der Waals surface area contributed by atoms with E-state index < -0.39 is 6.10 Å². The lowest BCUT2D eigenvalue weighted by Gasteiger charge is -2.31. The first-order valence-corrected chi connectivity index (χ1v) is 5.61. The summed E-state index contributed by atoms with van der Waals surface area (Å²) in [5.74, 6) is -0.0815. The Morgan fingerprint density at radius 3 is 2.64 bits per heavy atom. The highest BCUT2D eigenvalue weighted by Crippen LogP contribution is 2.40. The van der Waals surface area contributed by atoms with Gasteiger partial charge in [0.2, 0.25) is 0 Å². The molecule has 2 rings (SSSR count). The molecule has 1 saturated carbocycles. The summed E-state index contributed by atoms with van der Waals surface area (Å²) in [4.78, 5) is 0. The van der Waals surface area contributed by atoms with Crippen molar-refractivity contribution in [3.63, 3.8) is 0 Å². The maximum atomic E-state index is 13.4. The molecule has 0 aromatic heterocycles. The normalized spacial score (nSPS) is 19.1. The number of hydrogen-bond donors (Lipinski definition) is 1. The first-order chi connectivity index (χ1) is 6.70. The number of aliphatic hydroxyl groups is 1. The third-order valence-electron chi connectivity index (χ3n) is 2.89. The summed E-state index contributed by atoms with van der Waals surface area (Å²) < 4.78 is 14.1. The molecule has 0 saturated heterocycles. The van der Waals surface area contributed by atoms with Crippen molar-refractivity contribution in [2.24, 2.45) is 5.92 Å². The highest BCUT2D eigenvalue weighted by Gasteiger charge is 2.29. The molecule has 76 valence electrons. The molecule has 1 nitrogen and oxygen atoms in total. The lowest BCUT2D eigenvalue weighted by molar-refractivity contribution is 0.0586. The van der Waals surface area contributed by atoms with Crippen LogP contribution in [0.1, 0.15) is 30.9 Å². The number of benzene rings is 1. The van der Waals surface area contributed by atoms with Crippen molar-refractivity contribution >= 4 is 15.9 Å². The average molecular weight is 259 g/mol. The zero-order valence-corrected chi connectivity index (χ0v) is 9.30. The van der Waals surface area contributed by atoms with Crippen LogP contribution in [-0.2, 0) is 0 Å². The van der Waals surface area contributed by atoms with Crippen molar-refractivity contribution < 1.29 is 9.50 Å². The van der Waals surface area contributed by atoms with Gasteiger partial charge in [-0.3, -0.25) is 0 Å². The van der Waals surface area contributed by atoms with Gasteiger partial charge in [0.15, 0.2) is 0 Å². The fourth-order valence-electron chi connectivity index (χ4n) is 1.78. The molecule has 1 aliphatic rings. The molecule has 1 aromatic rings. The Hall–Kier alpha value is -0.410. The van der Waals surface area contributed by atoms with Crippen LogP contribution in [0.25, 0.3) is 0 Å². The minimum absolute atomic E-state index is 0.239. The maximum Gasteiger partial charge on any atom is 0.130 e. The number of hydrogen-bond acceptors (Lipinski definition) is 1. The minimum atomic E-state index is -0.653. The minimum Gasteiger partial charge on any atom is -0.388 e. The van der Waals surface area contributed by atoms with Crippen LogP contribution >= 0.6 is 15.9 Å². The molecule has 14 heavy (non-hydrogen) atoms. The highest BCUT2D eigenvalue weighted by atomic mass is 79.9. The van der Waals surface area contributed by atoms with Crippen LogP contribution in [0.2, 0.25) is 0 Å². The largest absolute Gasteiger partial charge is 0.388 e. The van der Waals surface area contributed by atoms with E-state index in [2.05, 4.69) is 15.9 Å². The number of halogens is 2. The molecule has 1 aromatic carbocycles. The molecule has 1 aliphatic carbocycles. The highest BCUT2D eigenvalue weighted by molar-refractivity contribution is 9.10. The molecule has 0 spiro atoms. The molecule has 3 heteroatoms. The molecule has 1 fully saturated rings. The van der Waals surface area contributed by atoms with Crippen molar-refractivity contribution in [3.05, 3.63) is 34.1 Å². The summed E-state index contributed by atoms with van der Waals surface area (Å²) in [5.41, 5.74) is 0.414. The van der Waals surface area contributed by atoms with Gasteiger partial charge in [0.1, 0.15) is 5.82 Å². The van der Waals surface area contributed by atoms with Gasteiger partial charge in [-0.25, -0.2) is 4.39 Å². The number of rotatable bonds is 2. The van der Waals surface area contributed by atoms with E-state index in [1.165, 1.54) is 6.07 Å². The van der Waals surface area contributed by atoms with Crippen LogP contribution < -0.4 is 0 Å². The van der Waals surface area contributed by atoms with Gasteiger partial charge in [0, 0.05) is 10.0 Å². The van der Waals surface area contributed by atoms with E-state index in [4.69, 9.17) is 0 Å². The third kappa shape index (κ3) is 1.71. The van der Waals surface area contributed by atoms with Crippen LogP contribution in [0.3, 0.4) is 0 Å². The van der Waals surface area contributed by atoms with E-state index in [0.717, 1.165) is 19.3 Å². The lowest BCUT2D eigenvalue weighted by Crippen LogP contribution is -2.21. The molecule has 1 N–H and O–H groups in total. The SMILES string of the molecule is O[C@H](c1c(F)cccc1Br)C1CCC1. The fourth-order valence-corrected chi connectivity index (χ4v) is 2.36. The van der Waals surface area contributed by atoms with E-state index in [9.17, 15) is 9.50 Å². The molecule has 0 unspecified atom stereocenters. The Balaban J connectivity index is 2.29. The van der Waals surface area contributed by atoms with Gasteiger partial charge in [0.05, 0.1) is 6.10 Å². The van der Waals surface area contributed by atoms with Gasteiger partial charge in [0.25, 0.3) is 0 Å². The zero-order valence-electron chi connectivity index (χ0n) is 7.71. The Kier molecular flexibility index (Phi) is 2.88. The van der Waals surface area contributed by atoms with E-state index in [1.54, 1.807) is 12.1 Å². The molecule has 0 amide bonds. The standard InChI is InChI=1S/C11H12BrFO/c12-8-5-2-6-9(13)10(8)11(14)7-3-1-4-7/h2,5-7,11,14H,1,3-4H2/t11-/m0/s1. The molecule has 0 bridgehead atoms. The summed E-state index contributed by atoms with van der Waals surface area (Å²) in [6, 6.07) is 4.79. The predicted molar refractivity (Wildman–Crippen MR) is 56.4 cm³/mol. The summed E-state index contributed by atoms with van der Waals surface area (Å²) in [6.07, 6.45) is 2.50. The van der Waals surface area contributed by atoms with Crippen LogP contribution in [-0.4, -0.2) is 5.11 Å². The topological polar surface area (TPSA) is 20.2 Å². The van der Waals surface area contributed by atoms with Crippen LogP contribution in [0.5, 0.6) is 0 Å². The number of aliphatic hydroxyl groups excluding tert-OH is 1. The smallest absolute Gasteiger partial charge is 0.130 e. The Morgan fingerprint density at radius 1 is 1.43 bits per heavy atom. The molecular formula is C11H12BrFO. The van der Waals surface area contributed by atoms with E-state index in [0.29, 0.717) is 10.0 Å². The van der Waals surface area contributed by atoms with Gasteiger partial charge in [-0.2, -0.15) is 0 Å². The van der Waals surface area contributed by atoms with E-state index in [-0.39, 0.29) is 11.7 Å². The third-order valence-corrected chi connectivity index (χ3v) is 3.58. The molecular weight excluding hydrogens is 247 g/mol. The lowest BCUT2D eigenvalue weighted by atomic mass is 9.79. The summed E-state index contributed by atoms with van der Waals surface area (Å²) in [7, 11) is 0. The molecule has 0 aliphatic heterocycles. The maximum absolute atomic E-state index is 13.4. The summed E-state index contributed by atoms with van der Waals surface area (Å²) in [5, 5.41) is 9.93. The van der Waals surface area contributed by atoms with Crippen LogP contribution in [0.4, 0.5) is 4.39 Å². The molecule has 0 radical (unpaired) electrons. The fraction of sp³-hybridized carbons (Fsp3) is 0.455. The predicted octanol–water partition coefficient (Wildman–Crippen LogP) is 3.42. The quantitative estimate of drug-likeness (QED) is 0.862.